The lowest BCUT2D eigenvalue weighted by Gasteiger charge is -2.41. The molecule has 2 aromatic rings. The second kappa shape index (κ2) is 12.9. The van der Waals surface area contributed by atoms with Crippen LogP contribution >= 0.6 is 0 Å². The average Bonchev–Trinajstić information content (AvgIpc) is 2.83. The molecule has 0 unspecified atom stereocenters. The zero-order valence-electron chi connectivity index (χ0n) is 21.7. The number of nitrogens with zero attached hydrogens (tertiary/aromatic N) is 2. The Morgan fingerprint density at radius 2 is 1.50 bits per heavy atom. The van der Waals surface area contributed by atoms with Crippen LogP contribution in [0.5, 0.6) is 0 Å². The molecule has 2 aromatic carbocycles. The highest BCUT2D eigenvalue weighted by atomic mass is 16.2. The van der Waals surface area contributed by atoms with Crippen LogP contribution in [0.15, 0.2) is 54.6 Å². The summed E-state index contributed by atoms with van der Waals surface area (Å²) in [6, 6.07) is 20.0. The molecule has 1 amide bonds. The highest BCUT2D eigenvalue weighted by molar-refractivity contribution is 5.81. The summed E-state index contributed by atoms with van der Waals surface area (Å²) in [7, 11) is 0. The third-order valence-corrected chi connectivity index (χ3v) is 7.02. The smallest absolute Gasteiger partial charge is 0.239 e. The minimum absolute atomic E-state index is 0.128. The summed E-state index contributed by atoms with van der Waals surface area (Å²) in [6.07, 6.45) is 6.09. The van der Waals surface area contributed by atoms with Gasteiger partial charge in [-0.15, -0.1) is 0 Å². The molecule has 0 aliphatic carbocycles. The first-order valence-electron chi connectivity index (χ1n) is 13.3. The molecule has 1 saturated heterocycles. The fourth-order valence-corrected chi connectivity index (χ4v) is 4.95. The van der Waals surface area contributed by atoms with Crippen LogP contribution in [0.2, 0.25) is 0 Å². The molecule has 1 fully saturated rings. The molecule has 186 valence electrons. The highest BCUT2D eigenvalue weighted by Crippen LogP contribution is 2.26. The van der Waals surface area contributed by atoms with E-state index in [1.807, 2.05) is 4.90 Å². The molecular formula is C30H45N3O. The molecule has 1 heterocycles. The van der Waals surface area contributed by atoms with Crippen molar-refractivity contribution in [2.45, 2.75) is 78.3 Å². The second-order valence-corrected chi connectivity index (χ2v) is 10.8. The summed E-state index contributed by atoms with van der Waals surface area (Å²) in [5.41, 5.74) is 10.3. The van der Waals surface area contributed by atoms with Gasteiger partial charge in [0.05, 0.1) is 6.04 Å². The number of benzene rings is 2. The third kappa shape index (κ3) is 7.87. The Bertz CT molecular complexity index is 854. The van der Waals surface area contributed by atoms with Crippen LogP contribution in [0, 0.1) is 11.8 Å². The average molecular weight is 464 g/mol. The fraction of sp³-hybridized carbons (Fsp3) is 0.567. The van der Waals surface area contributed by atoms with Crippen LogP contribution in [0.1, 0.15) is 64.5 Å². The number of likely N-dealkylation sites (tertiary alicyclic amines) is 1. The summed E-state index contributed by atoms with van der Waals surface area (Å²) in [5, 5.41) is 0. The number of rotatable bonds is 11. The molecule has 1 atom stereocenters. The summed E-state index contributed by atoms with van der Waals surface area (Å²) < 4.78 is 0. The number of carbonyl (C=O) groups is 1. The van der Waals surface area contributed by atoms with Crippen molar-refractivity contribution < 1.29 is 4.79 Å². The first kappa shape index (κ1) is 26.3. The van der Waals surface area contributed by atoms with E-state index in [4.69, 9.17) is 5.73 Å². The van der Waals surface area contributed by atoms with E-state index in [9.17, 15) is 4.79 Å². The monoisotopic (exact) mass is 463 g/mol. The van der Waals surface area contributed by atoms with Gasteiger partial charge < -0.3 is 15.5 Å². The van der Waals surface area contributed by atoms with Crippen molar-refractivity contribution in [2.24, 2.45) is 17.6 Å². The molecule has 1 aliphatic rings. The van der Waals surface area contributed by atoms with Gasteiger partial charge in [-0.2, -0.15) is 0 Å². The SMILES string of the molecule is CC(C)CCN(c1ccc(CCc2ccccc2)cc1)C1CCN(C(=O)[C@H](N)CC(C)C)CC1. The molecule has 0 spiro atoms. The van der Waals surface area contributed by atoms with Gasteiger partial charge in [-0.05, 0) is 73.6 Å². The van der Waals surface area contributed by atoms with Crippen LogP contribution in [-0.4, -0.2) is 42.5 Å². The minimum Gasteiger partial charge on any atom is -0.368 e. The van der Waals surface area contributed by atoms with E-state index in [-0.39, 0.29) is 11.9 Å². The molecule has 34 heavy (non-hydrogen) atoms. The van der Waals surface area contributed by atoms with Crippen molar-refractivity contribution in [2.75, 3.05) is 24.5 Å². The van der Waals surface area contributed by atoms with E-state index in [1.54, 1.807) is 0 Å². The quantitative estimate of drug-likeness (QED) is 0.466. The molecule has 0 radical (unpaired) electrons. The van der Waals surface area contributed by atoms with Gasteiger partial charge in [-0.1, -0.05) is 70.2 Å². The maximum atomic E-state index is 12.8. The Morgan fingerprint density at radius 3 is 2.06 bits per heavy atom. The Labute approximate surface area is 207 Å². The molecule has 3 rings (SSSR count). The number of amides is 1. The zero-order chi connectivity index (χ0) is 24.5. The van der Waals surface area contributed by atoms with E-state index in [1.165, 1.54) is 23.2 Å². The molecule has 0 saturated carbocycles. The standard InChI is InChI=1S/C30H45N3O/c1-23(2)16-21-33(28-17-19-32(20-18-28)30(34)29(31)22-24(3)4)27-14-12-26(13-15-27)11-10-25-8-6-5-7-9-25/h5-9,12-15,23-24,28-29H,10-11,16-22,31H2,1-4H3/t29-/m1/s1. The van der Waals surface area contributed by atoms with Gasteiger partial charge >= 0.3 is 0 Å². The van der Waals surface area contributed by atoms with E-state index in [0.717, 1.165) is 51.7 Å². The summed E-state index contributed by atoms with van der Waals surface area (Å²) >= 11 is 0. The van der Waals surface area contributed by atoms with Gasteiger partial charge in [0.15, 0.2) is 0 Å². The molecule has 0 aromatic heterocycles. The number of carbonyl (C=O) groups excluding carboxylic acids is 1. The zero-order valence-corrected chi connectivity index (χ0v) is 21.7. The molecular weight excluding hydrogens is 418 g/mol. The van der Waals surface area contributed by atoms with Gasteiger partial charge in [0, 0.05) is 31.4 Å². The number of hydrogen-bond acceptors (Lipinski definition) is 3. The molecule has 1 aliphatic heterocycles. The van der Waals surface area contributed by atoms with E-state index < -0.39 is 0 Å². The van der Waals surface area contributed by atoms with Crippen molar-refractivity contribution in [1.29, 1.82) is 0 Å². The van der Waals surface area contributed by atoms with Crippen molar-refractivity contribution in [3.05, 3.63) is 65.7 Å². The van der Waals surface area contributed by atoms with E-state index in [0.29, 0.717) is 17.9 Å². The Hall–Kier alpha value is -2.33. The fourth-order valence-electron chi connectivity index (χ4n) is 4.95. The summed E-state index contributed by atoms with van der Waals surface area (Å²) in [6.45, 7) is 11.5. The Balaban J connectivity index is 1.61. The first-order chi connectivity index (χ1) is 16.3. The number of anilines is 1. The van der Waals surface area contributed by atoms with E-state index in [2.05, 4.69) is 87.2 Å². The van der Waals surface area contributed by atoms with Gasteiger partial charge in [-0.25, -0.2) is 0 Å². The van der Waals surface area contributed by atoms with Gasteiger partial charge in [-0.3, -0.25) is 4.79 Å². The predicted molar refractivity (Wildman–Crippen MR) is 144 cm³/mol. The van der Waals surface area contributed by atoms with Gasteiger partial charge in [0.1, 0.15) is 0 Å². The van der Waals surface area contributed by atoms with Crippen LogP contribution in [0.3, 0.4) is 0 Å². The summed E-state index contributed by atoms with van der Waals surface area (Å²) in [4.78, 5) is 17.4. The van der Waals surface area contributed by atoms with Crippen LogP contribution < -0.4 is 10.6 Å². The second-order valence-electron chi connectivity index (χ2n) is 10.8. The lowest BCUT2D eigenvalue weighted by atomic mass is 9.98. The van der Waals surface area contributed by atoms with E-state index >= 15 is 0 Å². The largest absolute Gasteiger partial charge is 0.368 e. The first-order valence-corrected chi connectivity index (χ1v) is 13.3. The van der Waals surface area contributed by atoms with Gasteiger partial charge in [0.25, 0.3) is 0 Å². The van der Waals surface area contributed by atoms with Crippen molar-refractivity contribution in [3.8, 4) is 0 Å². The topological polar surface area (TPSA) is 49.6 Å². The van der Waals surface area contributed by atoms with Crippen LogP contribution in [0.25, 0.3) is 0 Å². The van der Waals surface area contributed by atoms with Crippen LogP contribution in [0.4, 0.5) is 5.69 Å². The lowest BCUT2D eigenvalue weighted by Crippen LogP contribution is -2.51. The highest BCUT2D eigenvalue weighted by Gasteiger charge is 2.29. The number of nitrogens with two attached hydrogens (primary N) is 1. The maximum Gasteiger partial charge on any atom is 0.239 e. The van der Waals surface area contributed by atoms with Crippen LogP contribution in [-0.2, 0) is 17.6 Å². The Kier molecular flexibility index (Phi) is 10.0. The molecule has 0 bridgehead atoms. The van der Waals surface area contributed by atoms with Crippen molar-refractivity contribution in [3.63, 3.8) is 0 Å². The number of piperidine rings is 1. The van der Waals surface area contributed by atoms with Crippen molar-refractivity contribution >= 4 is 11.6 Å². The number of hydrogen-bond donors (Lipinski definition) is 1. The molecule has 4 nitrogen and oxygen atoms in total. The third-order valence-electron chi connectivity index (χ3n) is 7.02. The maximum absolute atomic E-state index is 12.8. The molecule has 4 heteroatoms. The van der Waals surface area contributed by atoms with Gasteiger partial charge in [0.2, 0.25) is 5.91 Å². The molecule has 2 N–H and O–H groups in total. The minimum atomic E-state index is -0.364. The Morgan fingerprint density at radius 1 is 0.912 bits per heavy atom. The summed E-state index contributed by atoms with van der Waals surface area (Å²) in [5.74, 6) is 1.24. The lowest BCUT2D eigenvalue weighted by molar-refractivity contribution is -0.134. The number of aryl methyl sites for hydroxylation is 2. The predicted octanol–water partition coefficient (Wildman–Crippen LogP) is 5.69. The van der Waals surface area contributed by atoms with Crippen molar-refractivity contribution in [1.82, 2.24) is 4.90 Å². The normalized spacial score (nSPS) is 15.7.